The number of nitrogens with zero attached hydrogens (tertiary/aromatic N) is 3. The van der Waals surface area contributed by atoms with Gasteiger partial charge in [-0.15, -0.1) is 0 Å². The van der Waals surface area contributed by atoms with Gasteiger partial charge in [-0.05, 0) is 24.5 Å². The summed E-state index contributed by atoms with van der Waals surface area (Å²) in [6.07, 6.45) is 1.20. The number of benzene rings is 2. The van der Waals surface area contributed by atoms with E-state index in [0.29, 0.717) is 18.5 Å². The molecule has 1 aliphatic rings. The molecule has 3 aromatic rings. The van der Waals surface area contributed by atoms with E-state index < -0.39 is 12.0 Å². The van der Waals surface area contributed by atoms with Gasteiger partial charge in [0.1, 0.15) is 6.04 Å². The minimum atomic E-state index is -0.951. The van der Waals surface area contributed by atoms with E-state index in [1.807, 2.05) is 61.6 Å². The minimum Gasteiger partial charge on any atom is -0.480 e. The largest absolute Gasteiger partial charge is 0.480 e. The van der Waals surface area contributed by atoms with Gasteiger partial charge in [-0.25, -0.2) is 4.79 Å². The van der Waals surface area contributed by atoms with Crippen LogP contribution in [0.2, 0.25) is 0 Å². The fraction of sp³-hybridized carbons (Fsp3) is 0.286. The van der Waals surface area contributed by atoms with Crippen LogP contribution < -0.4 is 0 Å². The summed E-state index contributed by atoms with van der Waals surface area (Å²) in [4.78, 5) is 26.5. The van der Waals surface area contributed by atoms with Crippen molar-refractivity contribution in [3.63, 3.8) is 0 Å². The number of aryl methyl sites for hydroxylation is 1. The summed E-state index contributed by atoms with van der Waals surface area (Å²) < 4.78 is 1.76. The van der Waals surface area contributed by atoms with Gasteiger partial charge in [0.25, 0.3) is 0 Å². The van der Waals surface area contributed by atoms with Gasteiger partial charge in [-0.1, -0.05) is 48.5 Å². The van der Waals surface area contributed by atoms with E-state index in [-0.39, 0.29) is 18.4 Å². The van der Waals surface area contributed by atoms with Gasteiger partial charge >= 0.3 is 5.97 Å². The maximum atomic E-state index is 13.2. The fourth-order valence-electron chi connectivity index (χ4n) is 4.06. The van der Waals surface area contributed by atoms with E-state index in [9.17, 15) is 14.7 Å². The van der Waals surface area contributed by atoms with E-state index in [1.54, 1.807) is 9.58 Å². The number of rotatable bonds is 4. The zero-order chi connectivity index (χ0) is 19.0. The third-order valence-electron chi connectivity index (χ3n) is 5.30. The molecule has 1 fully saturated rings. The molecular weight excluding hydrogens is 342 g/mol. The monoisotopic (exact) mass is 363 g/mol. The number of carbonyl (C=O) groups excluding carboxylic acids is 1. The molecule has 27 heavy (non-hydrogen) atoms. The first-order chi connectivity index (χ1) is 13.1. The Bertz CT molecular complexity index is 996. The molecule has 2 heterocycles. The van der Waals surface area contributed by atoms with Gasteiger partial charge in [-0.3, -0.25) is 9.48 Å². The quantitative estimate of drug-likeness (QED) is 0.773. The molecule has 1 unspecified atom stereocenters. The van der Waals surface area contributed by atoms with Crippen LogP contribution in [0.1, 0.15) is 30.1 Å². The Kier molecular flexibility index (Phi) is 4.39. The van der Waals surface area contributed by atoms with Crippen LogP contribution in [0.4, 0.5) is 0 Å². The third kappa shape index (κ3) is 3.07. The average molecular weight is 363 g/mol. The fourth-order valence-corrected chi connectivity index (χ4v) is 4.06. The Morgan fingerprint density at radius 3 is 2.52 bits per heavy atom. The molecule has 1 aromatic heterocycles. The number of para-hydroxylation sites is 1. The summed E-state index contributed by atoms with van der Waals surface area (Å²) in [6.45, 7) is 0. The van der Waals surface area contributed by atoms with E-state index in [2.05, 4.69) is 5.10 Å². The van der Waals surface area contributed by atoms with Crippen LogP contribution in [0, 0.1) is 0 Å². The highest BCUT2D eigenvalue weighted by molar-refractivity contribution is 5.90. The second kappa shape index (κ2) is 6.87. The molecule has 0 saturated carbocycles. The van der Waals surface area contributed by atoms with Crippen LogP contribution in [0.25, 0.3) is 10.9 Å². The molecule has 6 nitrogen and oxygen atoms in total. The van der Waals surface area contributed by atoms with Crippen molar-refractivity contribution in [1.29, 1.82) is 0 Å². The first kappa shape index (κ1) is 17.3. The zero-order valence-electron chi connectivity index (χ0n) is 15.1. The third-order valence-corrected chi connectivity index (χ3v) is 5.30. The number of amides is 1. The lowest BCUT2D eigenvalue weighted by atomic mass is 10.0. The SMILES string of the molecule is Cn1nc(CC(=O)N2C(C(=O)O)CC[C@H]2c2ccccc2)c2ccccc21. The summed E-state index contributed by atoms with van der Waals surface area (Å²) in [5, 5.41) is 15.0. The zero-order valence-corrected chi connectivity index (χ0v) is 15.1. The number of hydrogen-bond acceptors (Lipinski definition) is 3. The standard InChI is InChI=1S/C21H21N3O3/c1-23-18-10-6-5-9-15(18)16(22-23)13-20(25)24-17(11-12-19(24)21(26)27)14-7-3-2-4-8-14/h2-10,17,19H,11-13H2,1H3,(H,26,27)/t17-,19?/m0/s1. The summed E-state index contributed by atoms with van der Waals surface area (Å²) >= 11 is 0. The van der Waals surface area contributed by atoms with Crippen LogP contribution in [-0.2, 0) is 23.1 Å². The van der Waals surface area contributed by atoms with Crippen molar-refractivity contribution in [3.8, 4) is 0 Å². The molecule has 2 atom stereocenters. The first-order valence-corrected chi connectivity index (χ1v) is 9.06. The molecule has 0 aliphatic carbocycles. The second-order valence-electron chi connectivity index (χ2n) is 6.92. The van der Waals surface area contributed by atoms with Crippen LogP contribution in [-0.4, -0.2) is 37.7 Å². The topological polar surface area (TPSA) is 75.4 Å². The number of hydrogen-bond donors (Lipinski definition) is 1. The van der Waals surface area contributed by atoms with E-state index in [1.165, 1.54) is 0 Å². The van der Waals surface area contributed by atoms with Gasteiger partial charge in [0.15, 0.2) is 0 Å². The maximum absolute atomic E-state index is 13.2. The number of likely N-dealkylation sites (tertiary alicyclic amines) is 1. The van der Waals surface area contributed by atoms with E-state index >= 15 is 0 Å². The summed E-state index contributed by atoms with van der Waals surface area (Å²) in [5.41, 5.74) is 2.61. The number of fused-ring (bicyclic) bond motifs is 1. The van der Waals surface area contributed by atoms with E-state index in [4.69, 9.17) is 0 Å². The van der Waals surface area contributed by atoms with Crippen molar-refractivity contribution in [2.24, 2.45) is 7.05 Å². The van der Waals surface area contributed by atoms with Gasteiger partial charge < -0.3 is 10.0 Å². The molecule has 1 aliphatic heterocycles. The summed E-state index contributed by atoms with van der Waals surface area (Å²) in [5.74, 6) is -1.15. The Morgan fingerprint density at radius 1 is 1.07 bits per heavy atom. The van der Waals surface area contributed by atoms with Gasteiger partial charge in [0.05, 0.1) is 23.7 Å². The average Bonchev–Trinajstić information content (AvgIpc) is 3.25. The number of carboxylic acids is 1. The predicted molar refractivity (Wildman–Crippen MR) is 101 cm³/mol. The predicted octanol–water partition coefficient (Wildman–Crippen LogP) is 2.93. The molecule has 1 saturated heterocycles. The lowest BCUT2D eigenvalue weighted by molar-refractivity contribution is -0.149. The first-order valence-electron chi connectivity index (χ1n) is 9.06. The lowest BCUT2D eigenvalue weighted by Gasteiger charge is -2.28. The Labute approximate surface area is 157 Å². The van der Waals surface area contributed by atoms with Gasteiger partial charge in [0, 0.05) is 12.4 Å². The highest BCUT2D eigenvalue weighted by Crippen LogP contribution is 2.37. The smallest absolute Gasteiger partial charge is 0.326 e. The highest BCUT2D eigenvalue weighted by atomic mass is 16.4. The number of carbonyl (C=O) groups is 2. The Morgan fingerprint density at radius 2 is 1.78 bits per heavy atom. The van der Waals surface area contributed by atoms with Gasteiger partial charge in [-0.2, -0.15) is 5.10 Å². The van der Waals surface area contributed by atoms with Crippen LogP contribution in [0.5, 0.6) is 0 Å². The van der Waals surface area contributed by atoms with Crippen molar-refractivity contribution >= 4 is 22.8 Å². The van der Waals surface area contributed by atoms with Crippen LogP contribution >= 0.6 is 0 Å². The van der Waals surface area contributed by atoms with Crippen LogP contribution in [0.15, 0.2) is 54.6 Å². The van der Waals surface area contributed by atoms with Crippen molar-refractivity contribution in [1.82, 2.24) is 14.7 Å². The molecule has 1 N–H and O–H groups in total. The van der Waals surface area contributed by atoms with E-state index in [0.717, 1.165) is 16.5 Å². The second-order valence-corrected chi connectivity index (χ2v) is 6.92. The number of carboxylic acid groups (broad SMARTS) is 1. The highest BCUT2D eigenvalue weighted by Gasteiger charge is 2.41. The minimum absolute atomic E-state index is 0.0917. The Hall–Kier alpha value is -3.15. The summed E-state index contributed by atoms with van der Waals surface area (Å²) in [6, 6.07) is 16.4. The molecule has 0 bridgehead atoms. The van der Waals surface area contributed by atoms with Crippen molar-refractivity contribution in [3.05, 3.63) is 65.9 Å². The van der Waals surface area contributed by atoms with Crippen molar-refractivity contribution < 1.29 is 14.7 Å². The molecule has 138 valence electrons. The lowest BCUT2D eigenvalue weighted by Crippen LogP contribution is -2.42. The molecule has 0 spiro atoms. The molecule has 1 amide bonds. The van der Waals surface area contributed by atoms with Crippen molar-refractivity contribution in [2.75, 3.05) is 0 Å². The molecule has 4 rings (SSSR count). The Balaban J connectivity index is 1.67. The number of aliphatic carboxylic acids is 1. The molecule has 6 heteroatoms. The molecular formula is C21H21N3O3. The van der Waals surface area contributed by atoms with Gasteiger partial charge in [0.2, 0.25) is 5.91 Å². The van der Waals surface area contributed by atoms with Crippen LogP contribution in [0.3, 0.4) is 0 Å². The molecule has 2 aromatic carbocycles. The summed E-state index contributed by atoms with van der Waals surface area (Å²) in [7, 11) is 1.85. The number of aromatic nitrogens is 2. The normalized spacial score (nSPS) is 19.5. The maximum Gasteiger partial charge on any atom is 0.326 e. The van der Waals surface area contributed by atoms with Crippen molar-refractivity contribution in [2.45, 2.75) is 31.3 Å². The molecule has 0 radical (unpaired) electrons.